The summed E-state index contributed by atoms with van der Waals surface area (Å²) < 4.78 is 5.53. The number of rotatable bonds is 5. The Kier molecular flexibility index (Phi) is 4.33. The molecule has 0 aromatic heterocycles. The fourth-order valence-electron chi connectivity index (χ4n) is 1.07. The maximum Gasteiger partial charge on any atom is 0.131 e. The third kappa shape index (κ3) is 3.07. The molecule has 0 fully saturated rings. The summed E-state index contributed by atoms with van der Waals surface area (Å²) in [7, 11) is 0. The van der Waals surface area contributed by atoms with Gasteiger partial charge in [0.25, 0.3) is 0 Å². The molecule has 0 atom stereocenters. The van der Waals surface area contributed by atoms with Crippen LogP contribution >= 0.6 is 0 Å². The lowest BCUT2D eigenvalue weighted by atomic mass is 10.2. The van der Waals surface area contributed by atoms with E-state index in [1.54, 1.807) is 0 Å². The van der Waals surface area contributed by atoms with Crippen LogP contribution in [0.3, 0.4) is 0 Å². The van der Waals surface area contributed by atoms with E-state index in [4.69, 9.17) is 10.5 Å². The number of hydrogen-bond acceptors (Lipinski definition) is 2. The Balaban J connectivity index is 2.54. The smallest absolute Gasteiger partial charge is 0.131 e. The quantitative estimate of drug-likeness (QED) is 0.701. The van der Waals surface area contributed by atoms with Crippen LogP contribution in [0.5, 0.6) is 5.75 Å². The molecule has 2 heteroatoms. The third-order valence-electron chi connectivity index (χ3n) is 1.86. The third-order valence-corrected chi connectivity index (χ3v) is 1.86. The predicted octanol–water partition coefficient (Wildman–Crippen LogP) is 2.12. The summed E-state index contributed by atoms with van der Waals surface area (Å²) in [5.41, 5.74) is 6.58. The lowest BCUT2D eigenvalue weighted by Crippen LogP contribution is -2.03. The monoisotopic (exact) mass is 178 g/mol. The first kappa shape index (κ1) is 10.1. The van der Waals surface area contributed by atoms with Crippen molar-refractivity contribution in [2.24, 2.45) is 5.73 Å². The van der Waals surface area contributed by atoms with E-state index < -0.39 is 0 Å². The maximum atomic E-state index is 5.55. The number of hydrogen-bond donors (Lipinski definition) is 1. The molecule has 71 valence electrons. The van der Waals surface area contributed by atoms with Crippen molar-refractivity contribution >= 4 is 0 Å². The first-order valence-corrected chi connectivity index (χ1v) is 4.71. The van der Waals surface area contributed by atoms with E-state index in [0.29, 0.717) is 6.54 Å². The normalized spacial score (nSPS) is 10.0. The number of para-hydroxylation sites is 1. The Labute approximate surface area is 79.7 Å². The Bertz CT molecular complexity index is 248. The summed E-state index contributed by atoms with van der Waals surface area (Å²) in [5.74, 6) is 0.804. The molecule has 0 bridgehead atoms. The zero-order valence-electron chi connectivity index (χ0n) is 8.05. The van der Waals surface area contributed by atoms with Crippen molar-refractivity contribution in [1.29, 1.82) is 0 Å². The van der Waals surface area contributed by atoms with E-state index in [0.717, 1.165) is 30.8 Å². The second kappa shape index (κ2) is 5.60. The molecule has 1 rings (SSSR count). The molecule has 0 aliphatic heterocycles. The highest BCUT2D eigenvalue weighted by atomic mass is 16.5. The number of benzene rings is 1. The minimum atomic E-state index is 0.513. The van der Waals surface area contributed by atoms with Crippen molar-refractivity contribution in [3.63, 3.8) is 0 Å². The number of ether oxygens (including phenoxy) is 1. The summed E-state index contributed by atoms with van der Waals surface area (Å²) >= 11 is 0. The zero-order valence-corrected chi connectivity index (χ0v) is 8.05. The first-order chi connectivity index (χ1) is 6.38. The summed E-state index contributed by atoms with van der Waals surface area (Å²) in [6, 6.07) is 8.79. The lowest BCUT2D eigenvalue weighted by Gasteiger charge is -2.08. The van der Waals surface area contributed by atoms with Crippen molar-refractivity contribution in [3.8, 4) is 5.75 Å². The van der Waals surface area contributed by atoms with E-state index in [-0.39, 0.29) is 0 Å². The molecular formula is C11H16NO. The molecule has 0 aliphatic carbocycles. The molecule has 1 aromatic carbocycles. The highest BCUT2D eigenvalue weighted by Gasteiger charge is 1.99. The summed E-state index contributed by atoms with van der Waals surface area (Å²) in [6.45, 7) is 3.41. The van der Waals surface area contributed by atoms with Crippen LogP contribution in [0, 0.1) is 6.07 Å². The second-order valence-corrected chi connectivity index (χ2v) is 2.93. The van der Waals surface area contributed by atoms with Crippen molar-refractivity contribution in [1.82, 2.24) is 0 Å². The molecule has 0 saturated carbocycles. The molecule has 0 amide bonds. The highest BCUT2D eigenvalue weighted by Crippen LogP contribution is 2.16. The van der Waals surface area contributed by atoms with Gasteiger partial charge in [-0.1, -0.05) is 31.5 Å². The maximum absolute atomic E-state index is 5.55. The van der Waals surface area contributed by atoms with Crippen molar-refractivity contribution < 1.29 is 4.74 Å². The summed E-state index contributed by atoms with van der Waals surface area (Å²) in [4.78, 5) is 0. The zero-order chi connectivity index (χ0) is 9.52. The van der Waals surface area contributed by atoms with Gasteiger partial charge in [0.2, 0.25) is 0 Å². The van der Waals surface area contributed by atoms with Gasteiger partial charge in [0.1, 0.15) is 5.75 Å². The molecule has 0 spiro atoms. The van der Waals surface area contributed by atoms with Gasteiger partial charge in [0, 0.05) is 18.2 Å². The molecule has 13 heavy (non-hydrogen) atoms. The lowest BCUT2D eigenvalue weighted by molar-refractivity contribution is 0.305. The molecule has 2 nitrogen and oxygen atoms in total. The van der Waals surface area contributed by atoms with Gasteiger partial charge < -0.3 is 10.5 Å². The molecule has 2 N–H and O–H groups in total. The van der Waals surface area contributed by atoms with Crippen LogP contribution in [0.15, 0.2) is 18.2 Å². The summed E-state index contributed by atoms with van der Waals surface area (Å²) in [5, 5.41) is 0. The average molecular weight is 178 g/mol. The minimum Gasteiger partial charge on any atom is -0.493 e. The van der Waals surface area contributed by atoms with Gasteiger partial charge in [0.15, 0.2) is 0 Å². The van der Waals surface area contributed by atoms with Gasteiger partial charge in [-0.25, -0.2) is 0 Å². The molecule has 0 aliphatic rings. The Morgan fingerprint density at radius 3 is 3.08 bits per heavy atom. The SMILES string of the molecule is CCCCOc1[c]cccc1CN. The van der Waals surface area contributed by atoms with Crippen LogP contribution in [0.2, 0.25) is 0 Å². The largest absolute Gasteiger partial charge is 0.493 e. The van der Waals surface area contributed by atoms with Crippen LogP contribution < -0.4 is 10.5 Å². The Morgan fingerprint density at radius 2 is 2.38 bits per heavy atom. The van der Waals surface area contributed by atoms with E-state index in [2.05, 4.69) is 13.0 Å². The van der Waals surface area contributed by atoms with Gasteiger partial charge in [-0.2, -0.15) is 0 Å². The van der Waals surface area contributed by atoms with Crippen LogP contribution in [0.4, 0.5) is 0 Å². The van der Waals surface area contributed by atoms with Crippen molar-refractivity contribution in [3.05, 3.63) is 29.8 Å². The molecule has 1 aromatic rings. The Morgan fingerprint density at radius 1 is 1.54 bits per heavy atom. The van der Waals surface area contributed by atoms with Crippen molar-refractivity contribution in [2.45, 2.75) is 26.3 Å². The first-order valence-electron chi connectivity index (χ1n) is 4.71. The topological polar surface area (TPSA) is 35.2 Å². The van der Waals surface area contributed by atoms with Crippen LogP contribution in [-0.4, -0.2) is 6.61 Å². The average Bonchev–Trinajstić information content (AvgIpc) is 2.19. The van der Waals surface area contributed by atoms with Gasteiger partial charge >= 0.3 is 0 Å². The van der Waals surface area contributed by atoms with Crippen molar-refractivity contribution in [2.75, 3.05) is 6.61 Å². The fraction of sp³-hybridized carbons (Fsp3) is 0.455. The minimum absolute atomic E-state index is 0.513. The van der Waals surface area contributed by atoms with Gasteiger partial charge in [0.05, 0.1) is 6.61 Å². The molecule has 0 unspecified atom stereocenters. The molecule has 0 heterocycles. The van der Waals surface area contributed by atoms with Gasteiger partial charge in [-0.3, -0.25) is 0 Å². The van der Waals surface area contributed by atoms with Crippen LogP contribution in [0.1, 0.15) is 25.3 Å². The van der Waals surface area contributed by atoms with E-state index in [9.17, 15) is 0 Å². The van der Waals surface area contributed by atoms with E-state index in [1.807, 2.05) is 18.2 Å². The van der Waals surface area contributed by atoms with E-state index >= 15 is 0 Å². The van der Waals surface area contributed by atoms with E-state index in [1.165, 1.54) is 0 Å². The van der Waals surface area contributed by atoms with Crippen LogP contribution in [0.25, 0.3) is 0 Å². The molecular weight excluding hydrogens is 162 g/mol. The predicted molar refractivity (Wildman–Crippen MR) is 53.6 cm³/mol. The molecule has 1 radical (unpaired) electrons. The van der Waals surface area contributed by atoms with Gasteiger partial charge in [-0.15, -0.1) is 0 Å². The van der Waals surface area contributed by atoms with Crippen LogP contribution in [-0.2, 0) is 6.54 Å². The van der Waals surface area contributed by atoms with Gasteiger partial charge in [-0.05, 0) is 6.42 Å². The second-order valence-electron chi connectivity index (χ2n) is 2.93. The number of nitrogens with two attached hydrogens (primary N) is 1. The summed E-state index contributed by atoms with van der Waals surface area (Å²) in [6.07, 6.45) is 2.22. The molecule has 0 saturated heterocycles. The highest BCUT2D eigenvalue weighted by molar-refractivity contribution is 5.31. The standard InChI is InChI=1S/C11H16NO/c1-2-3-8-13-11-7-5-4-6-10(11)9-12/h4-6H,2-3,8-9,12H2,1H3. The Hall–Kier alpha value is -1.02. The number of unbranched alkanes of at least 4 members (excludes halogenated alkanes) is 1. The fourth-order valence-corrected chi connectivity index (χ4v) is 1.07.